The standard InChI is InChI=1S/C32H37F3N4O5/c33-32(34,35)29-20-25(8-15-30(29)39(41)42)36-24-6-11-27(12-7-24)44-22-31(40)38-18-16-37(17-19-38)26-9-13-28(14-10-26)43-21-23-4-2-1-3-5-23/h1-5,8-10,13-15,20,24,27,36,41-42H,6-7,11-12,16-19,21-22H2. The number of hydrogen-bond donors (Lipinski definition) is 3. The molecule has 0 unspecified atom stereocenters. The minimum absolute atomic E-state index is 0.00539. The van der Waals surface area contributed by atoms with Crippen molar-refractivity contribution in [2.45, 2.75) is 50.6 Å². The van der Waals surface area contributed by atoms with Crippen molar-refractivity contribution in [3.63, 3.8) is 0 Å². The predicted molar refractivity (Wildman–Crippen MR) is 159 cm³/mol. The zero-order valence-corrected chi connectivity index (χ0v) is 24.2. The van der Waals surface area contributed by atoms with Gasteiger partial charge in [0, 0.05) is 43.6 Å². The highest BCUT2D eigenvalue weighted by molar-refractivity contribution is 5.77. The Balaban J connectivity index is 1.01. The van der Waals surface area contributed by atoms with E-state index in [0.29, 0.717) is 45.4 Å². The van der Waals surface area contributed by atoms with Gasteiger partial charge in [-0.05, 0) is 73.7 Å². The van der Waals surface area contributed by atoms with Gasteiger partial charge in [0.1, 0.15) is 24.7 Å². The molecule has 1 heterocycles. The maximum atomic E-state index is 13.4. The first-order valence-corrected chi connectivity index (χ1v) is 14.7. The predicted octanol–water partition coefficient (Wildman–Crippen LogP) is 5.96. The van der Waals surface area contributed by atoms with Gasteiger partial charge in [-0.25, -0.2) is 0 Å². The lowest BCUT2D eigenvalue weighted by molar-refractivity contribution is -0.139. The number of halogens is 3. The third kappa shape index (κ3) is 8.34. The molecule has 0 radical (unpaired) electrons. The Kier molecular flexibility index (Phi) is 10.1. The second-order valence-corrected chi connectivity index (χ2v) is 11.1. The zero-order chi connectivity index (χ0) is 31.1. The Morgan fingerprint density at radius 3 is 2.23 bits per heavy atom. The van der Waals surface area contributed by atoms with Gasteiger partial charge in [0.2, 0.25) is 5.91 Å². The van der Waals surface area contributed by atoms with Crippen LogP contribution >= 0.6 is 0 Å². The Morgan fingerprint density at radius 1 is 0.909 bits per heavy atom. The van der Waals surface area contributed by atoms with Gasteiger partial charge in [0.05, 0.1) is 11.7 Å². The van der Waals surface area contributed by atoms with Gasteiger partial charge in [-0.3, -0.25) is 15.2 Å². The summed E-state index contributed by atoms with van der Waals surface area (Å²) in [5.41, 5.74) is 0.547. The number of nitrogens with zero attached hydrogens (tertiary/aromatic N) is 3. The molecule has 1 aliphatic heterocycles. The van der Waals surface area contributed by atoms with Gasteiger partial charge in [0.25, 0.3) is 0 Å². The largest absolute Gasteiger partial charge is 0.489 e. The summed E-state index contributed by atoms with van der Waals surface area (Å²) >= 11 is 0. The number of benzene rings is 3. The topological polar surface area (TPSA) is 97.7 Å². The molecule has 12 heteroatoms. The molecule has 236 valence electrons. The second kappa shape index (κ2) is 14.2. The van der Waals surface area contributed by atoms with Crippen molar-refractivity contribution in [2.24, 2.45) is 0 Å². The average Bonchev–Trinajstić information content (AvgIpc) is 3.03. The van der Waals surface area contributed by atoms with Crippen LogP contribution < -0.4 is 20.2 Å². The number of carbonyl (C=O) groups excluding carboxylic acids is 1. The number of ether oxygens (including phenoxy) is 2. The van der Waals surface area contributed by atoms with Crippen LogP contribution in [0.1, 0.15) is 36.8 Å². The average molecular weight is 615 g/mol. The van der Waals surface area contributed by atoms with Crippen molar-refractivity contribution in [1.29, 1.82) is 0 Å². The lowest BCUT2D eigenvalue weighted by Gasteiger charge is -2.36. The van der Waals surface area contributed by atoms with E-state index in [2.05, 4.69) is 10.2 Å². The lowest BCUT2D eigenvalue weighted by Crippen LogP contribution is -2.50. The molecule has 9 nitrogen and oxygen atoms in total. The van der Waals surface area contributed by atoms with Gasteiger partial charge in [-0.1, -0.05) is 30.3 Å². The quantitative estimate of drug-likeness (QED) is 0.241. The first kappa shape index (κ1) is 31.4. The summed E-state index contributed by atoms with van der Waals surface area (Å²) in [5.74, 6) is 0.760. The first-order chi connectivity index (χ1) is 21.2. The van der Waals surface area contributed by atoms with Crippen molar-refractivity contribution >= 4 is 23.0 Å². The third-order valence-corrected chi connectivity index (χ3v) is 8.09. The fraction of sp³-hybridized carbons (Fsp3) is 0.406. The fourth-order valence-electron chi connectivity index (χ4n) is 5.63. The maximum Gasteiger partial charge on any atom is 0.418 e. The molecule has 3 aromatic rings. The van der Waals surface area contributed by atoms with Gasteiger partial charge in [0.15, 0.2) is 0 Å². The Labute approximate surface area is 254 Å². The van der Waals surface area contributed by atoms with Crippen molar-refractivity contribution < 1.29 is 37.9 Å². The van der Waals surface area contributed by atoms with Crippen LogP contribution in [0.4, 0.5) is 30.2 Å². The van der Waals surface area contributed by atoms with Crippen molar-refractivity contribution in [2.75, 3.05) is 48.2 Å². The summed E-state index contributed by atoms with van der Waals surface area (Å²) in [6, 6.07) is 21.2. The van der Waals surface area contributed by atoms with E-state index in [0.717, 1.165) is 42.2 Å². The molecule has 1 saturated carbocycles. The minimum atomic E-state index is -4.74. The summed E-state index contributed by atoms with van der Waals surface area (Å²) in [6.07, 6.45) is -2.15. The first-order valence-electron chi connectivity index (χ1n) is 14.7. The van der Waals surface area contributed by atoms with Gasteiger partial charge < -0.3 is 24.6 Å². The van der Waals surface area contributed by atoms with Crippen LogP contribution in [0, 0.1) is 0 Å². The molecular formula is C32H37F3N4O5. The van der Waals surface area contributed by atoms with E-state index < -0.39 is 22.7 Å². The van der Waals surface area contributed by atoms with E-state index in [-0.39, 0.29) is 30.3 Å². The molecule has 0 bridgehead atoms. The van der Waals surface area contributed by atoms with Crippen molar-refractivity contribution in [3.05, 3.63) is 83.9 Å². The number of carbonyl (C=O) groups is 1. The SMILES string of the molecule is O=C(COC1CCC(Nc2ccc(N(O)O)c(C(F)(F)F)c2)CC1)N1CCN(c2ccc(OCc3ccccc3)cc2)CC1. The van der Waals surface area contributed by atoms with Crippen LogP contribution in [-0.2, 0) is 22.3 Å². The van der Waals surface area contributed by atoms with Crippen molar-refractivity contribution in [1.82, 2.24) is 4.90 Å². The highest BCUT2D eigenvalue weighted by Gasteiger charge is 2.35. The number of rotatable bonds is 10. The number of amides is 1. The summed E-state index contributed by atoms with van der Waals surface area (Å²) in [4.78, 5) is 16.9. The van der Waals surface area contributed by atoms with Crippen LogP contribution in [0.3, 0.4) is 0 Å². The van der Waals surface area contributed by atoms with Crippen LogP contribution in [-0.4, -0.2) is 66.2 Å². The number of anilines is 3. The summed E-state index contributed by atoms with van der Waals surface area (Å²) in [7, 11) is 0. The number of hydrogen-bond acceptors (Lipinski definition) is 8. The van der Waals surface area contributed by atoms with Crippen LogP contribution in [0.15, 0.2) is 72.8 Å². The molecule has 3 N–H and O–H groups in total. The number of piperazine rings is 1. The smallest absolute Gasteiger partial charge is 0.418 e. The normalized spacial score (nSPS) is 19.0. The fourth-order valence-corrected chi connectivity index (χ4v) is 5.63. The molecule has 1 saturated heterocycles. The van der Waals surface area contributed by atoms with Crippen LogP contribution in [0.25, 0.3) is 0 Å². The Bertz CT molecular complexity index is 1360. The Hall–Kier alpha value is -4.00. The molecular weight excluding hydrogens is 577 g/mol. The van der Waals surface area contributed by atoms with E-state index in [1.54, 1.807) is 0 Å². The van der Waals surface area contributed by atoms with E-state index in [1.165, 1.54) is 6.07 Å². The molecule has 2 aliphatic rings. The van der Waals surface area contributed by atoms with Crippen LogP contribution in [0.5, 0.6) is 5.75 Å². The molecule has 1 amide bonds. The molecule has 44 heavy (non-hydrogen) atoms. The molecule has 5 rings (SSSR count). The van der Waals surface area contributed by atoms with E-state index >= 15 is 0 Å². The van der Waals surface area contributed by atoms with Gasteiger partial charge >= 0.3 is 6.18 Å². The molecule has 3 aromatic carbocycles. The highest BCUT2D eigenvalue weighted by atomic mass is 19.4. The van der Waals surface area contributed by atoms with Crippen LogP contribution in [0.2, 0.25) is 0 Å². The Morgan fingerprint density at radius 2 is 1.59 bits per heavy atom. The summed E-state index contributed by atoms with van der Waals surface area (Å²) < 4.78 is 51.9. The molecule has 0 aromatic heterocycles. The highest BCUT2D eigenvalue weighted by Crippen LogP contribution is 2.38. The molecule has 0 spiro atoms. The molecule has 1 aliphatic carbocycles. The second-order valence-electron chi connectivity index (χ2n) is 11.1. The van der Waals surface area contributed by atoms with Crippen molar-refractivity contribution in [3.8, 4) is 5.75 Å². The molecule has 0 atom stereocenters. The third-order valence-electron chi connectivity index (χ3n) is 8.09. The number of nitrogens with one attached hydrogen (secondary N) is 1. The van der Waals surface area contributed by atoms with E-state index in [9.17, 15) is 18.0 Å². The summed E-state index contributed by atoms with van der Waals surface area (Å²) in [5, 5.41) is 20.8. The monoisotopic (exact) mass is 614 g/mol. The van der Waals surface area contributed by atoms with E-state index in [1.807, 2.05) is 59.5 Å². The van der Waals surface area contributed by atoms with E-state index in [4.69, 9.17) is 19.9 Å². The lowest BCUT2D eigenvalue weighted by atomic mass is 9.92. The minimum Gasteiger partial charge on any atom is -0.489 e. The number of alkyl halides is 3. The summed E-state index contributed by atoms with van der Waals surface area (Å²) in [6.45, 7) is 3.17. The van der Waals surface area contributed by atoms with Gasteiger partial charge in [-0.15, -0.1) is 5.23 Å². The maximum absolute atomic E-state index is 13.4. The zero-order valence-electron chi connectivity index (χ0n) is 24.2. The molecule has 2 fully saturated rings. The van der Waals surface area contributed by atoms with Gasteiger partial charge in [-0.2, -0.15) is 13.2 Å².